The molecular weight excluding hydrogens is 275 g/mol. The zero-order chi connectivity index (χ0) is 10.8. The van der Waals surface area contributed by atoms with Gasteiger partial charge in [-0.3, -0.25) is 4.18 Å². The smallest absolute Gasteiger partial charge is 0.264 e. The Morgan fingerprint density at radius 3 is 2.64 bits per heavy atom. The first-order valence-electron chi connectivity index (χ1n) is 3.67. The Hall–Kier alpha value is -0.460. The van der Waals surface area contributed by atoms with E-state index in [9.17, 15) is 12.8 Å². The van der Waals surface area contributed by atoms with Gasteiger partial charge in [0.25, 0.3) is 10.1 Å². The Balaban J connectivity index is 2.87. The Kier molecular flexibility index (Phi) is 3.63. The molecule has 0 bridgehead atoms. The van der Waals surface area contributed by atoms with Gasteiger partial charge in [0, 0.05) is 10.0 Å². The molecule has 0 aromatic heterocycles. The van der Waals surface area contributed by atoms with Gasteiger partial charge in [-0.25, -0.2) is 4.39 Å². The summed E-state index contributed by atoms with van der Waals surface area (Å²) in [7, 11) is -3.54. The molecule has 0 aliphatic heterocycles. The van der Waals surface area contributed by atoms with Crippen molar-refractivity contribution in [2.24, 2.45) is 0 Å². The molecule has 1 rings (SSSR count). The van der Waals surface area contributed by atoms with Crippen LogP contribution in [0, 0.1) is 5.82 Å². The fourth-order valence-corrected chi connectivity index (χ4v) is 1.62. The largest absolute Gasteiger partial charge is 0.265 e. The topological polar surface area (TPSA) is 43.4 Å². The van der Waals surface area contributed by atoms with Gasteiger partial charge in [0.15, 0.2) is 0 Å². The van der Waals surface area contributed by atoms with E-state index in [4.69, 9.17) is 0 Å². The highest BCUT2D eigenvalue weighted by Crippen LogP contribution is 2.20. The standard InChI is InChI=1S/C8H8BrFO3S/c1-14(11,12)13-5-6-7(9)3-2-4-8(6)10/h2-4H,5H2,1H3. The summed E-state index contributed by atoms with van der Waals surface area (Å²) in [5, 5.41) is 0. The van der Waals surface area contributed by atoms with Crippen molar-refractivity contribution in [3.63, 3.8) is 0 Å². The third-order valence-electron chi connectivity index (χ3n) is 1.48. The van der Waals surface area contributed by atoms with Crippen molar-refractivity contribution in [3.05, 3.63) is 34.1 Å². The Labute approximate surface area is 90.1 Å². The van der Waals surface area contributed by atoms with Crippen LogP contribution in [-0.4, -0.2) is 14.7 Å². The summed E-state index contributed by atoms with van der Waals surface area (Å²) in [4.78, 5) is 0. The van der Waals surface area contributed by atoms with E-state index in [1.807, 2.05) is 0 Å². The van der Waals surface area contributed by atoms with E-state index in [1.165, 1.54) is 12.1 Å². The first-order chi connectivity index (χ1) is 6.40. The van der Waals surface area contributed by atoms with E-state index in [0.717, 1.165) is 6.26 Å². The van der Waals surface area contributed by atoms with Gasteiger partial charge < -0.3 is 0 Å². The number of rotatable bonds is 3. The zero-order valence-electron chi connectivity index (χ0n) is 7.33. The number of benzene rings is 1. The molecule has 6 heteroatoms. The summed E-state index contributed by atoms with van der Waals surface area (Å²) in [6.45, 7) is -0.300. The molecule has 1 aromatic rings. The summed E-state index contributed by atoms with van der Waals surface area (Å²) in [6.07, 6.45) is 0.918. The summed E-state index contributed by atoms with van der Waals surface area (Å²) >= 11 is 3.10. The van der Waals surface area contributed by atoms with Gasteiger partial charge in [-0.05, 0) is 12.1 Å². The van der Waals surface area contributed by atoms with E-state index >= 15 is 0 Å². The first-order valence-corrected chi connectivity index (χ1v) is 6.28. The molecule has 1 aromatic carbocycles. The molecule has 14 heavy (non-hydrogen) atoms. The SMILES string of the molecule is CS(=O)(=O)OCc1c(F)cccc1Br. The maximum absolute atomic E-state index is 13.1. The third-order valence-corrected chi connectivity index (χ3v) is 2.77. The molecule has 3 nitrogen and oxygen atoms in total. The fourth-order valence-electron chi connectivity index (χ4n) is 0.836. The van der Waals surface area contributed by atoms with Gasteiger partial charge in [-0.2, -0.15) is 8.42 Å². The molecule has 0 unspecified atom stereocenters. The molecule has 0 amide bonds. The number of hydrogen-bond donors (Lipinski definition) is 0. The maximum Gasteiger partial charge on any atom is 0.264 e. The van der Waals surface area contributed by atoms with Crippen molar-refractivity contribution in [1.82, 2.24) is 0 Å². The van der Waals surface area contributed by atoms with Crippen LogP contribution < -0.4 is 0 Å². The minimum atomic E-state index is -3.54. The lowest BCUT2D eigenvalue weighted by Gasteiger charge is -2.05. The average molecular weight is 283 g/mol. The molecule has 0 atom stereocenters. The van der Waals surface area contributed by atoms with Crippen molar-refractivity contribution < 1.29 is 17.0 Å². The molecule has 0 spiro atoms. The van der Waals surface area contributed by atoms with Crippen LogP contribution in [0.4, 0.5) is 4.39 Å². The molecule has 0 aliphatic rings. The summed E-state index contributed by atoms with van der Waals surface area (Å²) in [6, 6.07) is 4.37. The highest BCUT2D eigenvalue weighted by Gasteiger charge is 2.09. The summed E-state index contributed by atoms with van der Waals surface area (Å²) in [5.41, 5.74) is 0.193. The molecule has 0 saturated heterocycles. The Morgan fingerprint density at radius 1 is 1.50 bits per heavy atom. The summed E-state index contributed by atoms with van der Waals surface area (Å²) < 4.78 is 39.4. The molecule has 0 fully saturated rings. The minimum Gasteiger partial charge on any atom is -0.265 e. The molecule has 0 heterocycles. The van der Waals surface area contributed by atoms with Crippen LogP contribution in [0.15, 0.2) is 22.7 Å². The lowest BCUT2D eigenvalue weighted by atomic mass is 10.2. The van der Waals surface area contributed by atoms with Crippen LogP contribution in [0.5, 0.6) is 0 Å². The van der Waals surface area contributed by atoms with Gasteiger partial charge in [0.05, 0.1) is 12.9 Å². The van der Waals surface area contributed by atoms with Crippen molar-refractivity contribution in [3.8, 4) is 0 Å². The van der Waals surface area contributed by atoms with Gasteiger partial charge in [0.2, 0.25) is 0 Å². The van der Waals surface area contributed by atoms with Crippen LogP contribution in [0.1, 0.15) is 5.56 Å². The Morgan fingerprint density at radius 2 is 2.14 bits per heavy atom. The van der Waals surface area contributed by atoms with Crippen molar-refractivity contribution >= 4 is 26.0 Å². The van der Waals surface area contributed by atoms with Crippen molar-refractivity contribution in [1.29, 1.82) is 0 Å². The predicted molar refractivity (Wildman–Crippen MR) is 53.7 cm³/mol. The van der Waals surface area contributed by atoms with E-state index in [1.54, 1.807) is 6.07 Å². The molecular formula is C8H8BrFO3S. The molecule has 0 radical (unpaired) electrons. The first kappa shape index (κ1) is 11.6. The number of hydrogen-bond acceptors (Lipinski definition) is 3. The van der Waals surface area contributed by atoms with Crippen molar-refractivity contribution in [2.75, 3.05) is 6.26 Å². The average Bonchev–Trinajstić information content (AvgIpc) is 2.01. The van der Waals surface area contributed by atoms with Gasteiger partial charge in [-0.15, -0.1) is 0 Å². The van der Waals surface area contributed by atoms with E-state index in [-0.39, 0.29) is 12.2 Å². The lowest BCUT2D eigenvalue weighted by molar-refractivity contribution is 0.305. The minimum absolute atomic E-state index is 0.193. The monoisotopic (exact) mass is 282 g/mol. The van der Waals surface area contributed by atoms with Crippen LogP contribution in [0.25, 0.3) is 0 Å². The second-order valence-corrected chi connectivity index (χ2v) is 5.16. The molecule has 78 valence electrons. The maximum atomic E-state index is 13.1. The van der Waals surface area contributed by atoms with Crippen LogP contribution in [0.3, 0.4) is 0 Å². The van der Waals surface area contributed by atoms with E-state index in [0.29, 0.717) is 4.47 Å². The third kappa shape index (κ3) is 3.36. The second-order valence-electron chi connectivity index (χ2n) is 2.67. The predicted octanol–water partition coefficient (Wildman–Crippen LogP) is 2.06. The molecule has 0 N–H and O–H groups in total. The number of halogens is 2. The van der Waals surface area contributed by atoms with Crippen LogP contribution in [-0.2, 0) is 20.9 Å². The van der Waals surface area contributed by atoms with E-state index in [2.05, 4.69) is 20.1 Å². The summed E-state index contributed by atoms with van der Waals surface area (Å²) in [5.74, 6) is -0.497. The Bertz CT molecular complexity index is 410. The highest BCUT2D eigenvalue weighted by atomic mass is 79.9. The van der Waals surface area contributed by atoms with Crippen LogP contribution >= 0.6 is 15.9 Å². The second kappa shape index (κ2) is 4.37. The highest BCUT2D eigenvalue weighted by molar-refractivity contribution is 9.10. The van der Waals surface area contributed by atoms with E-state index < -0.39 is 15.9 Å². The lowest BCUT2D eigenvalue weighted by Crippen LogP contribution is -2.04. The van der Waals surface area contributed by atoms with Crippen LogP contribution in [0.2, 0.25) is 0 Å². The quantitative estimate of drug-likeness (QED) is 0.797. The van der Waals surface area contributed by atoms with Gasteiger partial charge in [-0.1, -0.05) is 22.0 Å². The fraction of sp³-hybridized carbons (Fsp3) is 0.250. The van der Waals surface area contributed by atoms with Gasteiger partial charge >= 0.3 is 0 Å². The molecule has 0 aliphatic carbocycles. The van der Waals surface area contributed by atoms with Gasteiger partial charge in [0.1, 0.15) is 5.82 Å². The zero-order valence-corrected chi connectivity index (χ0v) is 9.73. The normalized spacial score (nSPS) is 11.6. The molecule has 0 saturated carbocycles. The van der Waals surface area contributed by atoms with Crippen molar-refractivity contribution in [2.45, 2.75) is 6.61 Å².